The number of carboxylic acids is 1. The molecule has 4 fully saturated rings. The summed E-state index contributed by atoms with van der Waals surface area (Å²) in [4.78, 5) is 38.4. The van der Waals surface area contributed by atoms with Gasteiger partial charge >= 0.3 is 11.9 Å². The van der Waals surface area contributed by atoms with Crippen molar-refractivity contribution in [2.75, 3.05) is 6.54 Å². The number of nitrogens with one attached hydrogen (secondary N) is 1. The van der Waals surface area contributed by atoms with Crippen LogP contribution in [-0.4, -0.2) is 35.5 Å². The molecule has 0 amide bonds. The lowest BCUT2D eigenvalue weighted by Gasteiger charge is -2.67. The number of benzene rings is 1. The molecule has 6 nitrogen and oxygen atoms in total. The summed E-state index contributed by atoms with van der Waals surface area (Å²) in [5.41, 5.74) is 2.21. The third kappa shape index (κ3) is 6.28. The highest BCUT2D eigenvalue weighted by Gasteiger charge is 2.65. The van der Waals surface area contributed by atoms with Crippen LogP contribution in [0.5, 0.6) is 0 Å². The molecule has 2 N–H and O–H groups in total. The Bertz CT molecular complexity index is 1550. The Balaban J connectivity index is 1.19. The first-order valence-corrected chi connectivity index (χ1v) is 19.7. The SMILES string of the molecule is CC(C)C1=C2C3CCC4C(C)(CCC5C(C)C(OC(=O)CC(C)(C)C(=O)O)CCC54C)C3CCC2(CCNCc2cccc(Cl)c2F)CC1=O. The number of halogens is 2. The standard InChI is InChI=1S/C42H59ClFNO5/c1-24(2)35-31(46)21-42(19-20-45-23-26-9-8-10-30(43)37(26)44)18-14-29-27(36(35)42)11-12-33-40(6)17-15-32(25(3)28(40)13-16-41(29,33)7)50-34(47)22-39(4,5)38(48)49/h8-10,24-25,27-29,32-33,45H,11-23H2,1-7H3,(H,48,49). The molecule has 1 aromatic carbocycles. The molecule has 0 radical (unpaired) electrons. The molecule has 9 unspecified atom stereocenters. The molecule has 0 aromatic heterocycles. The topological polar surface area (TPSA) is 92.7 Å². The molecule has 276 valence electrons. The Kier molecular flexibility index (Phi) is 10.2. The average Bonchev–Trinajstić information content (AvgIpc) is 3.34. The van der Waals surface area contributed by atoms with Gasteiger partial charge in [0, 0.05) is 23.9 Å². The number of allylic oxidation sites excluding steroid dienone is 2. The quantitative estimate of drug-likeness (QED) is 0.186. The fraction of sp³-hybridized carbons (Fsp3) is 0.738. The van der Waals surface area contributed by atoms with E-state index in [1.807, 2.05) is 0 Å². The van der Waals surface area contributed by atoms with E-state index in [4.69, 9.17) is 16.3 Å². The summed E-state index contributed by atoms with van der Waals surface area (Å²) < 4.78 is 20.6. The number of Topliss-reactive ketones (excluding diaryl/α,β-unsaturated/α-hetero) is 1. The predicted molar refractivity (Wildman–Crippen MR) is 194 cm³/mol. The highest BCUT2D eigenvalue weighted by Crippen LogP contribution is 2.72. The van der Waals surface area contributed by atoms with Gasteiger partial charge in [-0.1, -0.05) is 63.9 Å². The zero-order valence-electron chi connectivity index (χ0n) is 31.3. The maximum atomic E-state index is 14.6. The van der Waals surface area contributed by atoms with Crippen molar-refractivity contribution >= 4 is 29.3 Å². The molecular formula is C42H59ClFNO5. The minimum Gasteiger partial charge on any atom is -0.481 e. The Morgan fingerprint density at radius 3 is 2.44 bits per heavy atom. The summed E-state index contributed by atoms with van der Waals surface area (Å²) in [5, 5.41) is 13.2. The van der Waals surface area contributed by atoms with E-state index in [2.05, 4.69) is 39.9 Å². The number of carbonyl (C=O) groups is 3. The third-order valence-corrected chi connectivity index (χ3v) is 15.1. The van der Waals surface area contributed by atoms with Crippen molar-refractivity contribution in [2.45, 2.75) is 132 Å². The number of carboxylic acid groups (broad SMARTS) is 1. The van der Waals surface area contributed by atoms with Crippen LogP contribution in [0.25, 0.3) is 0 Å². The molecule has 0 heterocycles. The van der Waals surface area contributed by atoms with Gasteiger partial charge in [-0.15, -0.1) is 0 Å². The van der Waals surface area contributed by atoms with E-state index < -0.39 is 17.4 Å². The number of rotatable bonds is 10. The zero-order chi connectivity index (χ0) is 36.4. The van der Waals surface area contributed by atoms with Gasteiger partial charge < -0.3 is 15.2 Å². The van der Waals surface area contributed by atoms with E-state index in [1.54, 1.807) is 32.0 Å². The van der Waals surface area contributed by atoms with Gasteiger partial charge in [-0.05, 0) is 136 Å². The van der Waals surface area contributed by atoms with Crippen molar-refractivity contribution < 1.29 is 28.6 Å². The van der Waals surface area contributed by atoms with E-state index in [0.717, 1.165) is 69.9 Å². The van der Waals surface area contributed by atoms with Gasteiger partial charge in [0.2, 0.25) is 0 Å². The number of aliphatic carboxylic acids is 1. The van der Waals surface area contributed by atoms with E-state index in [-0.39, 0.29) is 51.4 Å². The lowest BCUT2D eigenvalue weighted by Crippen LogP contribution is -2.60. The van der Waals surface area contributed by atoms with Crippen LogP contribution in [0.1, 0.15) is 125 Å². The average molecular weight is 712 g/mol. The second kappa shape index (κ2) is 13.6. The molecule has 5 aliphatic rings. The van der Waals surface area contributed by atoms with Crippen LogP contribution in [0.3, 0.4) is 0 Å². The van der Waals surface area contributed by atoms with Gasteiger partial charge in [0.25, 0.3) is 0 Å². The van der Waals surface area contributed by atoms with Gasteiger partial charge in [-0.3, -0.25) is 14.4 Å². The van der Waals surface area contributed by atoms with Crippen molar-refractivity contribution in [3.8, 4) is 0 Å². The van der Waals surface area contributed by atoms with Crippen LogP contribution in [0.4, 0.5) is 4.39 Å². The van der Waals surface area contributed by atoms with E-state index >= 15 is 0 Å². The third-order valence-electron chi connectivity index (χ3n) is 14.8. The fourth-order valence-electron chi connectivity index (χ4n) is 12.4. The number of esters is 1. The molecule has 5 aliphatic carbocycles. The van der Waals surface area contributed by atoms with Crippen molar-refractivity contribution in [1.82, 2.24) is 5.32 Å². The minimum absolute atomic E-state index is 0.117. The highest BCUT2D eigenvalue weighted by molar-refractivity contribution is 6.30. The van der Waals surface area contributed by atoms with E-state index in [9.17, 15) is 23.9 Å². The molecule has 8 heteroatoms. The molecule has 0 bridgehead atoms. The number of hydrogen-bond acceptors (Lipinski definition) is 5. The molecule has 9 atom stereocenters. The smallest absolute Gasteiger partial charge is 0.309 e. The largest absolute Gasteiger partial charge is 0.481 e. The van der Waals surface area contributed by atoms with Gasteiger partial charge in [0.1, 0.15) is 11.9 Å². The molecule has 0 aliphatic heterocycles. The van der Waals surface area contributed by atoms with E-state index in [0.29, 0.717) is 48.0 Å². The maximum Gasteiger partial charge on any atom is 0.309 e. The van der Waals surface area contributed by atoms with Crippen LogP contribution in [0, 0.1) is 63.0 Å². The number of hydrogen-bond donors (Lipinski definition) is 2. The first-order chi connectivity index (χ1) is 23.4. The van der Waals surface area contributed by atoms with Crippen molar-refractivity contribution in [1.29, 1.82) is 0 Å². The zero-order valence-corrected chi connectivity index (χ0v) is 32.1. The predicted octanol–water partition coefficient (Wildman–Crippen LogP) is 9.57. The van der Waals surface area contributed by atoms with Crippen LogP contribution in [0.15, 0.2) is 29.3 Å². The van der Waals surface area contributed by atoms with Crippen molar-refractivity contribution in [3.63, 3.8) is 0 Å². The number of fused-ring (bicyclic) bond motifs is 7. The molecule has 1 aromatic rings. The highest BCUT2D eigenvalue weighted by atomic mass is 35.5. The summed E-state index contributed by atoms with van der Waals surface area (Å²) in [6, 6.07) is 5.13. The second-order valence-electron chi connectivity index (χ2n) is 18.3. The summed E-state index contributed by atoms with van der Waals surface area (Å²) >= 11 is 6.03. The Morgan fingerprint density at radius 2 is 1.74 bits per heavy atom. The fourth-order valence-corrected chi connectivity index (χ4v) is 12.6. The molecule has 0 spiro atoms. The Hall–Kier alpha value is -2.25. The van der Waals surface area contributed by atoms with Crippen molar-refractivity contribution in [2.24, 2.45) is 57.2 Å². The summed E-state index contributed by atoms with van der Waals surface area (Å²) in [6.45, 7) is 16.0. The van der Waals surface area contributed by atoms with Crippen LogP contribution >= 0.6 is 11.6 Å². The minimum atomic E-state index is -1.14. The second-order valence-corrected chi connectivity index (χ2v) is 18.7. The van der Waals surface area contributed by atoms with Gasteiger partial charge in [0.15, 0.2) is 5.78 Å². The van der Waals surface area contributed by atoms with E-state index in [1.165, 1.54) is 5.57 Å². The Labute approximate surface area is 303 Å². The van der Waals surface area contributed by atoms with Crippen LogP contribution in [0.2, 0.25) is 5.02 Å². The molecule has 50 heavy (non-hydrogen) atoms. The van der Waals surface area contributed by atoms with Crippen LogP contribution in [-0.2, 0) is 25.7 Å². The molecule has 4 saturated carbocycles. The first kappa shape index (κ1) is 37.5. The molecule has 0 saturated heterocycles. The van der Waals surface area contributed by atoms with Gasteiger partial charge in [-0.25, -0.2) is 4.39 Å². The summed E-state index contributed by atoms with van der Waals surface area (Å²) in [5.74, 6) is 0.996. The number of ketones is 1. The summed E-state index contributed by atoms with van der Waals surface area (Å²) in [6.07, 6.45) is 9.72. The van der Waals surface area contributed by atoms with Crippen molar-refractivity contribution in [3.05, 3.63) is 45.7 Å². The van der Waals surface area contributed by atoms with Gasteiger partial charge in [-0.2, -0.15) is 0 Å². The summed E-state index contributed by atoms with van der Waals surface area (Å²) in [7, 11) is 0. The monoisotopic (exact) mass is 711 g/mol. The number of carbonyl (C=O) groups excluding carboxylic acids is 2. The molecular weight excluding hydrogens is 653 g/mol. The number of ether oxygens (including phenoxy) is 1. The maximum absolute atomic E-state index is 14.6. The lowest BCUT2D eigenvalue weighted by molar-refractivity contribution is -0.192. The van der Waals surface area contributed by atoms with Gasteiger partial charge in [0.05, 0.1) is 16.9 Å². The Morgan fingerprint density at radius 1 is 1.06 bits per heavy atom. The first-order valence-electron chi connectivity index (χ1n) is 19.3. The lowest BCUT2D eigenvalue weighted by atomic mass is 9.38. The van der Waals surface area contributed by atoms with Crippen LogP contribution < -0.4 is 5.32 Å². The normalized spacial score (nSPS) is 36.8. The molecule has 6 rings (SSSR count).